The lowest BCUT2D eigenvalue weighted by molar-refractivity contribution is -0.160. The molecule has 0 saturated heterocycles. The van der Waals surface area contributed by atoms with Crippen molar-refractivity contribution >= 4 is 0 Å². The van der Waals surface area contributed by atoms with Crippen LogP contribution >= 0.6 is 0 Å². The van der Waals surface area contributed by atoms with Gasteiger partial charge in [-0.15, -0.1) is 0 Å². The van der Waals surface area contributed by atoms with E-state index in [1.807, 2.05) is 0 Å². The Balaban J connectivity index is 2.35. The molecular formula is C14H26O. The van der Waals surface area contributed by atoms with Gasteiger partial charge in [0.15, 0.2) is 0 Å². The molecule has 0 aliphatic heterocycles. The highest BCUT2D eigenvalue weighted by Crippen LogP contribution is 2.66. The van der Waals surface area contributed by atoms with Gasteiger partial charge in [0.1, 0.15) is 0 Å². The van der Waals surface area contributed by atoms with Crippen molar-refractivity contribution in [3.63, 3.8) is 0 Å². The molecule has 2 bridgehead atoms. The van der Waals surface area contributed by atoms with Crippen LogP contribution in [0.5, 0.6) is 0 Å². The normalized spacial score (nSPS) is 50.0. The van der Waals surface area contributed by atoms with Gasteiger partial charge in [0, 0.05) is 0 Å². The molecule has 2 aliphatic rings. The second kappa shape index (κ2) is 3.23. The predicted octanol–water partition coefficient (Wildman–Crippen LogP) is 3.75. The van der Waals surface area contributed by atoms with Crippen molar-refractivity contribution in [2.75, 3.05) is 0 Å². The molecule has 2 atom stereocenters. The van der Waals surface area contributed by atoms with Gasteiger partial charge in [-0.3, -0.25) is 0 Å². The van der Waals surface area contributed by atoms with Crippen LogP contribution < -0.4 is 0 Å². The molecule has 0 amide bonds. The molecule has 1 heteroatoms. The first kappa shape index (κ1) is 11.4. The van der Waals surface area contributed by atoms with Crippen LogP contribution in [0.2, 0.25) is 0 Å². The van der Waals surface area contributed by atoms with Crippen LogP contribution in [0, 0.1) is 16.7 Å². The van der Waals surface area contributed by atoms with Gasteiger partial charge in [0.2, 0.25) is 0 Å². The minimum Gasteiger partial charge on any atom is -0.389 e. The summed E-state index contributed by atoms with van der Waals surface area (Å²) in [7, 11) is 0. The van der Waals surface area contributed by atoms with Crippen molar-refractivity contribution in [1.29, 1.82) is 0 Å². The summed E-state index contributed by atoms with van der Waals surface area (Å²) in [5.74, 6) is 0.602. The summed E-state index contributed by atoms with van der Waals surface area (Å²) in [6.45, 7) is 9.11. The highest BCUT2D eigenvalue weighted by atomic mass is 16.3. The Morgan fingerprint density at radius 2 is 1.47 bits per heavy atom. The molecule has 15 heavy (non-hydrogen) atoms. The molecule has 0 radical (unpaired) electrons. The van der Waals surface area contributed by atoms with Gasteiger partial charge in [-0.2, -0.15) is 0 Å². The fourth-order valence-electron chi connectivity index (χ4n) is 4.31. The number of fused-ring (bicyclic) bond motifs is 2. The molecular weight excluding hydrogens is 184 g/mol. The lowest BCUT2D eigenvalue weighted by atomic mass is 9.56. The molecule has 0 aromatic carbocycles. The van der Waals surface area contributed by atoms with Crippen molar-refractivity contribution in [2.24, 2.45) is 16.7 Å². The summed E-state index contributed by atoms with van der Waals surface area (Å²) in [4.78, 5) is 0. The Bertz CT molecular complexity index is 240. The van der Waals surface area contributed by atoms with E-state index in [1.54, 1.807) is 0 Å². The van der Waals surface area contributed by atoms with Crippen LogP contribution in [0.25, 0.3) is 0 Å². The van der Waals surface area contributed by atoms with E-state index in [2.05, 4.69) is 27.7 Å². The fourth-order valence-corrected chi connectivity index (χ4v) is 4.31. The average Bonchev–Trinajstić information content (AvgIpc) is 2.26. The monoisotopic (exact) mass is 210 g/mol. The summed E-state index contributed by atoms with van der Waals surface area (Å²) in [5.41, 5.74) is 0.000949. The van der Waals surface area contributed by atoms with E-state index in [9.17, 15) is 5.11 Å². The van der Waals surface area contributed by atoms with E-state index in [1.165, 1.54) is 32.1 Å². The summed E-state index contributed by atoms with van der Waals surface area (Å²) in [6, 6.07) is 0. The topological polar surface area (TPSA) is 20.2 Å². The second-order valence-electron chi connectivity index (χ2n) is 6.93. The molecule has 1 nitrogen and oxygen atoms in total. The maximum absolute atomic E-state index is 11.2. The first-order valence-corrected chi connectivity index (χ1v) is 6.55. The zero-order chi connectivity index (χ0) is 11.3. The molecule has 2 fully saturated rings. The van der Waals surface area contributed by atoms with Crippen molar-refractivity contribution in [1.82, 2.24) is 0 Å². The van der Waals surface area contributed by atoms with E-state index < -0.39 is 5.60 Å². The van der Waals surface area contributed by atoms with E-state index in [0.717, 1.165) is 6.42 Å². The molecule has 1 N–H and O–H groups in total. The average molecular weight is 210 g/mol. The second-order valence-corrected chi connectivity index (χ2v) is 6.93. The summed E-state index contributed by atoms with van der Waals surface area (Å²) < 4.78 is 0. The molecule has 2 unspecified atom stereocenters. The number of hydrogen-bond acceptors (Lipinski definition) is 1. The molecule has 2 rings (SSSR count). The smallest absolute Gasteiger partial charge is 0.0756 e. The number of rotatable bonds is 2. The third-order valence-electron chi connectivity index (χ3n) is 5.39. The van der Waals surface area contributed by atoms with Gasteiger partial charge in [-0.05, 0) is 48.9 Å². The Labute approximate surface area is 94.3 Å². The molecule has 0 heterocycles. The highest BCUT2D eigenvalue weighted by Gasteiger charge is 2.64. The highest BCUT2D eigenvalue weighted by molar-refractivity contribution is 5.14. The van der Waals surface area contributed by atoms with Crippen LogP contribution in [0.4, 0.5) is 0 Å². The third-order valence-corrected chi connectivity index (χ3v) is 5.39. The minimum absolute atomic E-state index is 0.199. The maximum atomic E-state index is 11.2. The minimum atomic E-state index is -0.396. The SMILES string of the molecule is CC(C)CC1(O)C2(C)CCCC1(C)CC2. The van der Waals surface area contributed by atoms with Crippen molar-refractivity contribution < 1.29 is 5.11 Å². The molecule has 2 aliphatic carbocycles. The standard InChI is InChI=1S/C14H26O/c1-11(2)10-14(15)12(3)6-5-7-13(14,4)9-8-12/h11,15H,5-10H2,1-4H3. The van der Waals surface area contributed by atoms with Crippen LogP contribution in [0.15, 0.2) is 0 Å². The number of aliphatic hydroxyl groups is 1. The van der Waals surface area contributed by atoms with Gasteiger partial charge in [0.05, 0.1) is 5.60 Å². The van der Waals surface area contributed by atoms with E-state index in [-0.39, 0.29) is 10.8 Å². The molecule has 0 aromatic rings. The first-order valence-electron chi connectivity index (χ1n) is 6.55. The van der Waals surface area contributed by atoms with Crippen LogP contribution in [0.3, 0.4) is 0 Å². The summed E-state index contributed by atoms with van der Waals surface area (Å²) in [5, 5.41) is 11.2. The van der Waals surface area contributed by atoms with Gasteiger partial charge >= 0.3 is 0 Å². The van der Waals surface area contributed by atoms with E-state index in [4.69, 9.17) is 0 Å². The van der Waals surface area contributed by atoms with E-state index >= 15 is 0 Å². The zero-order valence-corrected chi connectivity index (χ0v) is 10.8. The molecule has 0 spiro atoms. The summed E-state index contributed by atoms with van der Waals surface area (Å²) in [6.07, 6.45) is 7.21. The lowest BCUT2D eigenvalue weighted by Gasteiger charge is -2.53. The van der Waals surface area contributed by atoms with Crippen LogP contribution in [0.1, 0.15) is 66.2 Å². The fraction of sp³-hybridized carbons (Fsp3) is 1.00. The molecule has 88 valence electrons. The number of hydrogen-bond donors (Lipinski definition) is 1. The van der Waals surface area contributed by atoms with Gasteiger partial charge < -0.3 is 5.11 Å². The van der Waals surface area contributed by atoms with Crippen LogP contribution in [-0.4, -0.2) is 10.7 Å². The maximum Gasteiger partial charge on any atom is 0.0756 e. The third kappa shape index (κ3) is 1.39. The largest absolute Gasteiger partial charge is 0.389 e. The van der Waals surface area contributed by atoms with Crippen molar-refractivity contribution in [2.45, 2.75) is 71.8 Å². The Morgan fingerprint density at radius 1 is 1.00 bits per heavy atom. The zero-order valence-electron chi connectivity index (χ0n) is 10.8. The van der Waals surface area contributed by atoms with Crippen molar-refractivity contribution in [3.8, 4) is 0 Å². The van der Waals surface area contributed by atoms with Crippen molar-refractivity contribution in [3.05, 3.63) is 0 Å². The Hall–Kier alpha value is -0.0400. The van der Waals surface area contributed by atoms with Crippen LogP contribution in [-0.2, 0) is 0 Å². The Kier molecular flexibility index (Phi) is 2.46. The first-order chi connectivity index (χ1) is 6.83. The van der Waals surface area contributed by atoms with Gasteiger partial charge in [-0.1, -0.05) is 34.1 Å². The molecule has 2 saturated carbocycles. The quantitative estimate of drug-likeness (QED) is 0.736. The predicted molar refractivity (Wildman–Crippen MR) is 63.7 cm³/mol. The van der Waals surface area contributed by atoms with E-state index in [0.29, 0.717) is 5.92 Å². The Morgan fingerprint density at radius 3 is 1.87 bits per heavy atom. The van der Waals surface area contributed by atoms with Gasteiger partial charge in [-0.25, -0.2) is 0 Å². The molecule has 0 aromatic heterocycles. The summed E-state index contributed by atoms with van der Waals surface area (Å²) >= 11 is 0. The van der Waals surface area contributed by atoms with Gasteiger partial charge in [0.25, 0.3) is 0 Å². The lowest BCUT2D eigenvalue weighted by Crippen LogP contribution is -2.55.